The topological polar surface area (TPSA) is 58.6 Å². The number of hydrogen-bond donors (Lipinski definition) is 1. The van der Waals surface area contributed by atoms with Crippen LogP contribution in [0.4, 0.5) is 5.69 Å². The Morgan fingerprint density at radius 3 is 2.33 bits per heavy atom. The molecule has 24 heavy (non-hydrogen) atoms. The maximum absolute atomic E-state index is 12.3. The lowest BCUT2D eigenvalue weighted by Gasteiger charge is -2.16. The Labute approximate surface area is 154 Å². The summed E-state index contributed by atoms with van der Waals surface area (Å²) in [7, 11) is 0. The lowest BCUT2D eigenvalue weighted by molar-refractivity contribution is -0.140. The van der Waals surface area contributed by atoms with Crippen LogP contribution in [0.15, 0.2) is 40.9 Å². The molecule has 2 amide bonds. The smallest absolute Gasteiger partial charge is 0.261 e. The lowest BCUT2D eigenvalue weighted by atomic mass is 9.85. The zero-order chi connectivity index (χ0) is 17.1. The van der Waals surface area contributed by atoms with E-state index in [0.29, 0.717) is 12.8 Å². The summed E-state index contributed by atoms with van der Waals surface area (Å²) >= 11 is 8.49. The molecular formula is C17H17BrN2O3S. The first-order valence-corrected chi connectivity index (χ1v) is 8.96. The van der Waals surface area contributed by atoms with E-state index in [2.05, 4.69) is 21.2 Å². The molecule has 3 rings (SSSR count). The van der Waals surface area contributed by atoms with Gasteiger partial charge < -0.3 is 10.1 Å². The predicted molar refractivity (Wildman–Crippen MR) is 98.4 cm³/mol. The summed E-state index contributed by atoms with van der Waals surface area (Å²) in [5, 5.41) is 3.17. The average Bonchev–Trinajstić information content (AvgIpc) is 2.82. The molecule has 1 aliphatic heterocycles. The number of hydrogen-bond acceptors (Lipinski definition) is 4. The zero-order valence-electron chi connectivity index (χ0n) is 12.9. The Balaban J connectivity index is 1.48. The third-order valence-corrected chi connectivity index (χ3v) is 4.99. The molecule has 2 unspecified atom stereocenters. The van der Waals surface area contributed by atoms with Gasteiger partial charge in [-0.25, -0.2) is 0 Å². The van der Waals surface area contributed by atoms with Gasteiger partial charge in [-0.15, -0.1) is 0 Å². The molecule has 5 nitrogen and oxygen atoms in total. The second kappa shape index (κ2) is 7.44. The first-order chi connectivity index (χ1) is 11.6. The van der Waals surface area contributed by atoms with Gasteiger partial charge in [0.2, 0.25) is 11.8 Å². The first-order valence-electron chi connectivity index (χ1n) is 7.76. The number of ether oxygens (including phenoxy) is 1. The van der Waals surface area contributed by atoms with Gasteiger partial charge in [-0.3, -0.25) is 14.5 Å². The van der Waals surface area contributed by atoms with Gasteiger partial charge in [0.1, 0.15) is 6.61 Å². The van der Waals surface area contributed by atoms with Crippen molar-refractivity contribution < 1.29 is 14.3 Å². The van der Waals surface area contributed by atoms with Crippen LogP contribution < -0.4 is 5.32 Å². The monoisotopic (exact) mass is 408 g/mol. The van der Waals surface area contributed by atoms with Crippen molar-refractivity contribution in [2.75, 3.05) is 18.5 Å². The van der Waals surface area contributed by atoms with E-state index in [1.54, 1.807) is 0 Å². The summed E-state index contributed by atoms with van der Waals surface area (Å²) in [6.45, 7) is 0.416. The Bertz CT molecular complexity index is 664. The normalized spacial score (nSPS) is 22.5. The second-order valence-corrected chi connectivity index (χ2v) is 7.04. The molecule has 2 aliphatic rings. The van der Waals surface area contributed by atoms with Gasteiger partial charge in [0.25, 0.3) is 5.17 Å². The standard InChI is InChI=1S/C17H17BrN2O3S/c18-11-5-7-12(8-6-11)19-17(24)23-10-9-20-15(21)13-3-1-2-4-14(13)16(20)22/h1-2,5-8,13-14H,3-4,9-10H2,(H,19,24). The van der Waals surface area contributed by atoms with E-state index in [-0.39, 0.29) is 42.0 Å². The van der Waals surface area contributed by atoms with Crippen molar-refractivity contribution in [2.45, 2.75) is 12.8 Å². The maximum Gasteiger partial charge on any atom is 0.261 e. The summed E-state index contributed by atoms with van der Waals surface area (Å²) < 4.78 is 6.41. The van der Waals surface area contributed by atoms with Gasteiger partial charge in [-0.05, 0) is 49.3 Å². The molecule has 0 bridgehead atoms. The van der Waals surface area contributed by atoms with Crippen LogP contribution >= 0.6 is 28.1 Å². The van der Waals surface area contributed by atoms with Gasteiger partial charge in [0.05, 0.1) is 18.4 Å². The number of thiocarbonyl (C=S) groups is 1. The first kappa shape index (κ1) is 17.1. The minimum atomic E-state index is -0.199. The number of likely N-dealkylation sites (tertiary alicyclic amines) is 1. The number of nitrogens with zero attached hydrogens (tertiary/aromatic N) is 1. The molecular weight excluding hydrogens is 392 g/mol. The highest BCUT2D eigenvalue weighted by Crippen LogP contribution is 2.34. The van der Waals surface area contributed by atoms with Gasteiger partial charge in [-0.1, -0.05) is 28.1 Å². The number of halogens is 1. The van der Waals surface area contributed by atoms with Crippen LogP contribution in [0, 0.1) is 11.8 Å². The molecule has 126 valence electrons. The number of rotatable bonds is 4. The predicted octanol–water partition coefficient (Wildman–Crippen LogP) is 3.11. The van der Waals surface area contributed by atoms with Crippen LogP contribution in [0.2, 0.25) is 0 Å². The highest BCUT2D eigenvalue weighted by atomic mass is 79.9. The minimum Gasteiger partial charge on any atom is -0.469 e. The largest absolute Gasteiger partial charge is 0.469 e. The molecule has 0 spiro atoms. The molecule has 1 aromatic carbocycles. The van der Waals surface area contributed by atoms with E-state index in [1.165, 1.54) is 4.90 Å². The number of carbonyl (C=O) groups excluding carboxylic acids is 2. The Hall–Kier alpha value is -1.73. The van der Waals surface area contributed by atoms with Crippen LogP contribution in [-0.4, -0.2) is 35.0 Å². The Morgan fingerprint density at radius 1 is 1.17 bits per heavy atom. The van der Waals surface area contributed by atoms with Crippen LogP contribution in [0.1, 0.15) is 12.8 Å². The van der Waals surface area contributed by atoms with Crippen molar-refractivity contribution in [3.63, 3.8) is 0 Å². The summed E-state index contributed by atoms with van der Waals surface area (Å²) in [5.41, 5.74) is 0.814. The number of benzene rings is 1. The third kappa shape index (κ3) is 3.67. The molecule has 1 aliphatic carbocycles. The molecule has 1 fully saturated rings. The van der Waals surface area contributed by atoms with Crippen molar-refractivity contribution in [1.29, 1.82) is 0 Å². The third-order valence-electron chi connectivity index (χ3n) is 4.24. The number of allylic oxidation sites excluding steroid dienone is 2. The summed E-state index contributed by atoms with van der Waals surface area (Å²) in [4.78, 5) is 25.9. The van der Waals surface area contributed by atoms with Crippen molar-refractivity contribution in [3.8, 4) is 0 Å². The summed E-state index contributed by atoms with van der Waals surface area (Å²) in [6.07, 6.45) is 5.25. The Morgan fingerprint density at radius 2 is 1.75 bits per heavy atom. The van der Waals surface area contributed by atoms with Crippen molar-refractivity contribution >= 4 is 50.8 Å². The Kier molecular flexibility index (Phi) is 5.30. The minimum absolute atomic E-state index is 0.0928. The molecule has 0 radical (unpaired) electrons. The molecule has 1 aromatic rings. The van der Waals surface area contributed by atoms with Crippen LogP contribution in [-0.2, 0) is 14.3 Å². The number of imide groups is 1. The van der Waals surface area contributed by atoms with Crippen LogP contribution in [0.5, 0.6) is 0 Å². The fourth-order valence-electron chi connectivity index (χ4n) is 3.01. The zero-order valence-corrected chi connectivity index (χ0v) is 15.3. The van der Waals surface area contributed by atoms with E-state index in [1.807, 2.05) is 36.4 Å². The highest BCUT2D eigenvalue weighted by molar-refractivity contribution is 9.10. The van der Waals surface area contributed by atoms with Gasteiger partial charge in [-0.2, -0.15) is 0 Å². The van der Waals surface area contributed by atoms with E-state index in [9.17, 15) is 9.59 Å². The van der Waals surface area contributed by atoms with E-state index >= 15 is 0 Å². The number of fused-ring (bicyclic) bond motifs is 1. The van der Waals surface area contributed by atoms with Gasteiger partial charge >= 0.3 is 0 Å². The summed E-state index contributed by atoms with van der Waals surface area (Å²) in [5.74, 6) is -0.583. The maximum atomic E-state index is 12.3. The van der Waals surface area contributed by atoms with E-state index in [4.69, 9.17) is 17.0 Å². The van der Waals surface area contributed by atoms with Gasteiger partial charge in [0, 0.05) is 10.2 Å². The SMILES string of the molecule is O=C1C2CC=CCC2C(=O)N1CCOC(=S)Nc1ccc(Br)cc1. The van der Waals surface area contributed by atoms with Crippen LogP contribution in [0.3, 0.4) is 0 Å². The van der Waals surface area contributed by atoms with Crippen molar-refractivity contribution in [2.24, 2.45) is 11.8 Å². The number of carbonyl (C=O) groups is 2. The molecule has 1 heterocycles. The highest BCUT2D eigenvalue weighted by Gasteiger charge is 2.46. The van der Waals surface area contributed by atoms with Gasteiger partial charge in [0.15, 0.2) is 0 Å². The van der Waals surface area contributed by atoms with Crippen molar-refractivity contribution in [1.82, 2.24) is 4.90 Å². The molecule has 0 aromatic heterocycles. The average molecular weight is 409 g/mol. The fraction of sp³-hybridized carbons (Fsp3) is 0.353. The lowest BCUT2D eigenvalue weighted by Crippen LogP contribution is -2.35. The van der Waals surface area contributed by atoms with Crippen LogP contribution in [0.25, 0.3) is 0 Å². The van der Waals surface area contributed by atoms with E-state index in [0.717, 1.165) is 10.2 Å². The number of amides is 2. The number of nitrogens with one attached hydrogen (secondary N) is 1. The quantitative estimate of drug-likeness (QED) is 0.471. The second-order valence-electron chi connectivity index (χ2n) is 5.75. The van der Waals surface area contributed by atoms with E-state index < -0.39 is 0 Å². The molecule has 0 saturated carbocycles. The molecule has 1 saturated heterocycles. The molecule has 1 N–H and O–H groups in total. The fourth-order valence-corrected chi connectivity index (χ4v) is 3.47. The summed E-state index contributed by atoms with van der Waals surface area (Å²) in [6, 6.07) is 7.51. The van der Waals surface area contributed by atoms with Crippen molar-refractivity contribution in [3.05, 3.63) is 40.9 Å². The number of anilines is 1. The molecule has 2 atom stereocenters. The molecule has 7 heteroatoms.